The van der Waals surface area contributed by atoms with E-state index in [4.69, 9.17) is 9.15 Å². The van der Waals surface area contributed by atoms with Crippen LogP contribution in [0, 0.1) is 0 Å². The van der Waals surface area contributed by atoms with E-state index in [2.05, 4.69) is 15.6 Å². The predicted molar refractivity (Wildman–Crippen MR) is 74.3 cm³/mol. The van der Waals surface area contributed by atoms with E-state index < -0.39 is 6.10 Å². The Hall–Kier alpha value is -1.70. The Morgan fingerprint density at radius 2 is 2.55 bits per heavy atom. The summed E-state index contributed by atoms with van der Waals surface area (Å²) < 4.78 is 10.8. The molecule has 2 N–H and O–H groups in total. The van der Waals surface area contributed by atoms with Gasteiger partial charge in [0.25, 0.3) is 5.91 Å². The van der Waals surface area contributed by atoms with Crippen molar-refractivity contribution in [2.45, 2.75) is 12.6 Å². The first-order valence-corrected chi connectivity index (χ1v) is 7.29. The third-order valence-corrected chi connectivity index (χ3v) is 3.81. The highest BCUT2D eigenvalue weighted by Crippen LogP contribution is 2.23. The zero-order valence-corrected chi connectivity index (χ0v) is 11.6. The molecule has 20 heavy (non-hydrogen) atoms. The van der Waals surface area contributed by atoms with Crippen molar-refractivity contribution in [1.29, 1.82) is 0 Å². The molecular weight excluding hydrogens is 278 g/mol. The highest BCUT2D eigenvalue weighted by molar-refractivity contribution is 7.13. The summed E-state index contributed by atoms with van der Waals surface area (Å²) in [7, 11) is 0. The van der Waals surface area contributed by atoms with Crippen LogP contribution in [0.15, 0.2) is 28.2 Å². The Labute approximate surface area is 120 Å². The maximum Gasteiger partial charge on any atom is 0.250 e. The maximum atomic E-state index is 11.9. The fourth-order valence-electron chi connectivity index (χ4n) is 1.93. The van der Waals surface area contributed by atoms with Gasteiger partial charge in [-0.3, -0.25) is 4.79 Å². The van der Waals surface area contributed by atoms with E-state index in [0.29, 0.717) is 31.3 Å². The highest BCUT2D eigenvalue weighted by Gasteiger charge is 2.21. The molecule has 1 unspecified atom stereocenters. The molecule has 0 saturated carbocycles. The first kappa shape index (κ1) is 13.3. The van der Waals surface area contributed by atoms with Gasteiger partial charge < -0.3 is 19.8 Å². The summed E-state index contributed by atoms with van der Waals surface area (Å²) in [5.74, 6) is 0.456. The zero-order valence-electron chi connectivity index (χ0n) is 10.8. The number of amides is 1. The molecule has 1 aliphatic rings. The molecule has 3 rings (SSSR count). The molecule has 3 heterocycles. The Bertz CT molecular complexity index is 561. The lowest BCUT2D eigenvalue weighted by molar-refractivity contribution is -0.134. The van der Waals surface area contributed by atoms with Gasteiger partial charge in [0.05, 0.1) is 23.7 Å². The van der Waals surface area contributed by atoms with Crippen LogP contribution in [0.1, 0.15) is 5.69 Å². The summed E-state index contributed by atoms with van der Waals surface area (Å²) in [5.41, 5.74) is 0.700. The number of nitrogens with one attached hydrogen (secondary N) is 2. The van der Waals surface area contributed by atoms with E-state index in [1.807, 2.05) is 17.5 Å². The number of hydrogen-bond acceptors (Lipinski definition) is 6. The third-order valence-electron chi connectivity index (χ3n) is 2.95. The van der Waals surface area contributed by atoms with Crippen LogP contribution in [0.25, 0.3) is 10.8 Å². The van der Waals surface area contributed by atoms with Crippen molar-refractivity contribution in [1.82, 2.24) is 15.6 Å². The van der Waals surface area contributed by atoms with E-state index in [9.17, 15) is 4.79 Å². The average molecular weight is 293 g/mol. The van der Waals surface area contributed by atoms with Gasteiger partial charge in [-0.05, 0) is 11.4 Å². The normalized spacial score (nSPS) is 18.9. The van der Waals surface area contributed by atoms with Crippen LogP contribution >= 0.6 is 11.3 Å². The van der Waals surface area contributed by atoms with Crippen LogP contribution in [0.4, 0.5) is 0 Å². The number of aromatic nitrogens is 1. The Morgan fingerprint density at radius 3 is 3.30 bits per heavy atom. The molecule has 2 aromatic heterocycles. The molecule has 0 aliphatic carbocycles. The predicted octanol–water partition coefficient (Wildman–Crippen LogP) is 1.01. The molecule has 7 heteroatoms. The van der Waals surface area contributed by atoms with Crippen molar-refractivity contribution < 1.29 is 13.9 Å². The van der Waals surface area contributed by atoms with Gasteiger partial charge in [0.2, 0.25) is 5.89 Å². The number of oxazole rings is 1. The first-order chi connectivity index (χ1) is 9.83. The first-order valence-electron chi connectivity index (χ1n) is 6.41. The number of carbonyl (C=O) groups excluding carboxylic acids is 1. The second-order valence-electron chi connectivity index (χ2n) is 4.40. The Morgan fingerprint density at radius 1 is 1.60 bits per heavy atom. The average Bonchev–Trinajstić information content (AvgIpc) is 3.16. The summed E-state index contributed by atoms with van der Waals surface area (Å²) in [6.45, 7) is 2.24. The highest BCUT2D eigenvalue weighted by atomic mass is 32.1. The number of carbonyl (C=O) groups is 1. The van der Waals surface area contributed by atoms with E-state index in [1.54, 1.807) is 17.6 Å². The van der Waals surface area contributed by atoms with Gasteiger partial charge in [0, 0.05) is 13.1 Å². The smallest absolute Gasteiger partial charge is 0.250 e. The third kappa shape index (κ3) is 3.06. The molecule has 1 atom stereocenters. The van der Waals surface area contributed by atoms with Gasteiger partial charge in [-0.15, -0.1) is 11.3 Å². The van der Waals surface area contributed by atoms with Gasteiger partial charge in [-0.25, -0.2) is 4.98 Å². The molecule has 0 radical (unpaired) electrons. The molecule has 1 amide bonds. The zero-order chi connectivity index (χ0) is 13.8. The summed E-state index contributed by atoms with van der Waals surface area (Å²) in [6, 6.07) is 3.89. The molecule has 0 spiro atoms. The van der Waals surface area contributed by atoms with Crippen LogP contribution in [-0.2, 0) is 16.1 Å². The van der Waals surface area contributed by atoms with E-state index in [0.717, 1.165) is 11.4 Å². The Balaban J connectivity index is 1.54. The number of rotatable bonds is 4. The molecule has 2 aromatic rings. The fraction of sp³-hybridized carbons (Fsp3) is 0.385. The molecule has 6 nitrogen and oxygen atoms in total. The topological polar surface area (TPSA) is 76.4 Å². The molecule has 106 valence electrons. The summed E-state index contributed by atoms with van der Waals surface area (Å²) in [5, 5.41) is 7.89. The monoisotopic (exact) mass is 293 g/mol. The minimum atomic E-state index is -0.424. The molecule has 1 fully saturated rings. The molecule has 1 saturated heterocycles. The van der Waals surface area contributed by atoms with Crippen LogP contribution in [0.3, 0.4) is 0 Å². The van der Waals surface area contributed by atoms with E-state index in [1.165, 1.54) is 0 Å². The molecule has 1 aliphatic heterocycles. The lowest BCUT2D eigenvalue weighted by Gasteiger charge is -2.22. The van der Waals surface area contributed by atoms with Crippen LogP contribution in [0.5, 0.6) is 0 Å². The van der Waals surface area contributed by atoms with Crippen molar-refractivity contribution in [3.8, 4) is 10.8 Å². The van der Waals surface area contributed by atoms with Gasteiger partial charge >= 0.3 is 0 Å². The molecule has 0 aromatic carbocycles. The van der Waals surface area contributed by atoms with Crippen molar-refractivity contribution in [3.05, 3.63) is 29.5 Å². The summed E-state index contributed by atoms with van der Waals surface area (Å²) in [4.78, 5) is 17.2. The molecular formula is C13H15N3O3S. The lowest BCUT2D eigenvalue weighted by atomic mass is 10.3. The van der Waals surface area contributed by atoms with Crippen molar-refractivity contribution in [3.63, 3.8) is 0 Å². The maximum absolute atomic E-state index is 11.9. The van der Waals surface area contributed by atoms with E-state index >= 15 is 0 Å². The Kier molecular flexibility index (Phi) is 4.10. The van der Waals surface area contributed by atoms with Gasteiger partial charge in [-0.2, -0.15) is 0 Å². The van der Waals surface area contributed by atoms with Crippen LogP contribution in [-0.4, -0.2) is 36.7 Å². The second kappa shape index (κ2) is 6.17. The minimum Gasteiger partial charge on any atom is -0.443 e. The number of thiophene rings is 1. The number of morpholine rings is 1. The van der Waals surface area contributed by atoms with Gasteiger partial charge in [-0.1, -0.05) is 6.07 Å². The fourth-order valence-corrected chi connectivity index (χ4v) is 2.58. The minimum absolute atomic E-state index is 0.127. The number of ether oxygens (including phenoxy) is 1. The quantitative estimate of drug-likeness (QED) is 0.880. The second-order valence-corrected chi connectivity index (χ2v) is 5.35. The summed E-state index contributed by atoms with van der Waals surface area (Å²) in [6.07, 6.45) is 1.14. The standard InChI is InChI=1S/C13H15N3O3S/c17-12(10-7-14-3-4-18-10)15-6-9-8-19-13(16-9)11-2-1-5-20-11/h1-2,5,8,10,14H,3-4,6-7H2,(H,15,17). The lowest BCUT2D eigenvalue weighted by Crippen LogP contribution is -2.47. The van der Waals surface area contributed by atoms with E-state index in [-0.39, 0.29) is 5.91 Å². The summed E-state index contributed by atoms with van der Waals surface area (Å²) >= 11 is 1.56. The van der Waals surface area contributed by atoms with Crippen molar-refractivity contribution >= 4 is 17.2 Å². The van der Waals surface area contributed by atoms with Crippen LogP contribution < -0.4 is 10.6 Å². The van der Waals surface area contributed by atoms with Crippen LogP contribution in [0.2, 0.25) is 0 Å². The largest absolute Gasteiger partial charge is 0.443 e. The van der Waals surface area contributed by atoms with Gasteiger partial charge in [0.15, 0.2) is 0 Å². The number of hydrogen-bond donors (Lipinski definition) is 2. The SMILES string of the molecule is O=C(NCc1coc(-c2cccs2)n1)C1CNCCO1. The van der Waals surface area contributed by atoms with Crippen molar-refractivity contribution in [2.75, 3.05) is 19.7 Å². The van der Waals surface area contributed by atoms with Crippen molar-refractivity contribution in [2.24, 2.45) is 0 Å². The molecule has 0 bridgehead atoms. The van der Waals surface area contributed by atoms with Gasteiger partial charge in [0.1, 0.15) is 12.4 Å². The number of nitrogens with zero attached hydrogens (tertiary/aromatic N) is 1.